The Kier molecular flexibility index (Phi) is 7.29. The lowest BCUT2D eigenvalue weighted by Gasteiger charge is -2.32. The molecule has 4 heterocycles. The first-order valence-electron chi connectivity index (χ1n) is 12.3. The first kappa shape index (κ1) is 27.3. The number of pyridine rings is 1. The summed E-state index contributed by atoms with van der Waals surface area (Å²) < 4.78 is 87.2. The first-order valence-corrected chi connectivity index (χ1v) is 14.1. The Morgan fingerprint density at radius 1 is 1.15 bits per heavy atom. The van der Waals surface area contributed by atoms with E-state index in [0.29, 0.717) is 48.2 Å². The van der Waals surface area contributed by atoms with Gasteiger partial charge < -0.3 is 19.4 Å². The average molecular weight is 571 g/mol. The van der Waals surface area contributed by atoms with Crippen LogP contribution in [-0.2, 0) is 14.8 Å². The van der Waals surface area contributed by atoms with Gasteiger partial charge in [0, 0.05) is 48.4 Å². The van der Waals surface area contributed by atoms with Crippen LogP contribution < -0.4 is 4.74 Å². The molecule has 39 heavy (non-hydrogen) atoms. The molecule has 3 aromatic rings. The average Bonchev–Trinajstić information content (AvgIpc) is 3.32. The van der Waals surface area contributed by atoms with Crippen molar-refractivity contribution >= 4 is 27.0 Å². The fourth-order valence-corrected chi connectivity index (χ4v) is 5.96. The lowest BCUT2D eigenvalue weighted by atomic mass is 9.87. The van der Waals surface area contributed by atoms with Gasteiger partial charge in [0.05, 0.1) is 19.1 Å². The molecule has 0 radical (unpaired) electrons. The highest BCUT2D eigenvalue weighted by atomic mass is 32.2. The van der Waals surface area contributed by atoms with Crippen LogP contribution in [0, 0.1) is 5.82 Å². The van der Waals surface area contributed by atoms with Crippen molar-refractivity contribution in [1.82, 2.24) is 19.2 Å². The molecule has 0 aliphatic carbocycles. The van der Waals surface area contributed by atoms with E-state index in [2.05, 4.69) is 14.7 Å². The number of piperidine rings is 1. The van der Waals surface area contributed by atoms with Gasteiger partial charge in [0.2, 0.25) is 10.0 Å². The lowest BCUT2D eigenvalue weighted by molar-refractivity contribution is -0.274. The van der Waals surface area contributed by atoms with Crippen LogP contribution in [0.3, 0.4) is 0 Å². The fraction of sp³-hybridized carbons (Fsp3) is 0.440. The van der Waals surface area contributed by atoms with Crippen molar-refractivity contribution in [2.24, 2.45) is 0 Å². The Balaban J connectivity index is 1.29. The molecule has 1 N–H and O–H groups in total. The van der Waals surface area contributed by atoms with Gasteiger partial charge in [-0.3, -0.25) is 4.79 Å². The Morgan fingerprint density at radius 3 is 2.49 bits per heavy atom. The van der Waals surface area contributed by atoms with Crippen LogP contribution in [0.2, 0.25) is 0 Å². The minimum absolute atomic E-state index is 0.132. The summed E-state index contributed by atoms with van der Waals surface area (Å²) in [5.74, 6) is -1.42. The second-order valence-corrected chi connectivity index (χ2v) is 11.6. The van der Waals surface area contributed by atoms with Crippen LogP contribution in [0.1, 0.15) is 46.5 Å². The summed E-state index contributed by atoms with van der Waals surface area (Å²) in [4.78, 5) is 21.8. The summed E-state index contributed by atoms with van der Waals surface area (Å²) >= 11 is 0. The van der Waals surface area contributed by atoms with Crippen LogP contribution in [0.15, 0.2) is 36.5 Å². The summed E-state index contributed by atoms with van der Waals surface area (Å²) in [5, 5.41) is 0.579. The molecule has 1 amide bonds. The predicted molar refractivity (Wildman–Crippen MR) is 132 cm³/mol. The lowest BCUT2D eigenvalue weighted by Crippen LogP contribution is -2.41. The largest absolute Gasteiger partial charge is 0.573 e. The standard InChI is InChI=1S/C25H26F4N4O5S/c1-39(35,36)33-10-11-37-21(14-33)20-12-18-22(19(26)13-30-23(18)31-20)15-6-8-32(9-7-15)24(34)16-2-4-17(5-3-16)38-25(27,28)29/h2-5,12-13,15,21H,6-11,14H2,1H3,(H,30,31). The third kappa shape index (κ3) is 6.02. The number of morpholine rings is 1. The molecule has 1 unspecified atom stereocenters. The summed E-state index contributed by atoms with van der Waals surface area (Å²) in [7, 11) is -3.39. The minimum atomic E-state index is -4.82. The number of rotatable bonds is 5. The number of likely N-dealkylation sites (tertiary alicyclic amines) is 1. The molecule has 210 valence electrons. The van der Waals surface area contributed by atoms with Crippen LogP contribution in [-0.4, -0.2) is 78.9 Å². The number of hydrogen-bond donors (Lipinski definition) is 1. The number of aromatic amines is 1. The van der Waals surface area contributed by atoms with Crippen molar-refractivity contribution < 1.29 is 40.2 Å². The third-order valence-electron chi connectivity index (χ3n) is 7.04. The van der Waals surface area contributed by atoms with Gasteiger partial charge in [0.25, 0.3) is 5.91 Å². The van der Waals surface area contributed by atoms with Crippen LogP contribution in [0.25, 0.3) is 11.0 Å². The quantitative estimate of drug-likeness (QED) is 0.466. The van der Waals surface area contributed by atoms with Crippen molar-refractivity contribution in [3.63, 3.8) is 0 Å². The Labute approximate surface area is 221 Å². The second-order valence-electron chi connectivity index (χ2n) is 9.63. The minimum Gasteiger partial charge on any atom is -0.406 e. The number of amides is 1. The van der Waals surface area contributed by atoms with Gasteiger partial charge in [-0.05, 0) is 49.1 Å². The van der Waals surface area contributed by atoms with E-state index in [1.54, 1.807) is 11.0 Å². The van der Waals surface area contributed by atoms with Crippen LogP contribution >= 0.6 is 0 Å². The third-order valence-corrected chi connectivity index (χ3v) is 8.31. The molecule has 5 rings (SSSR count). The molecule has 14 heteroatoms. The Hall–Kier alpha value is -3.23. The van der Waals surface area contributed by atoms with E-state index < -0.39 is 34.1 Å². The normalized spacial score (nSPS) is 19.9. The Bertz CT molecular complexity index is 1470. The number of H-pyrrole nitrogens is 1. The van der Waals surface area contributed by atoms with Crippen molar-refractivity contribution in [2.75, 3.05) is 39.0 Å². The predicted octanol–water partition coefficient (Wildman–Crippen LogP) is 3.95. The monoisotopic (exact) mass is 570 g/mol. The first-order chi connectivity index (χ1) is 18.4. The van der Waals surface area contributed by atoms with Gasteiger partial charge in [-0.2, -0.15) is 4.31 Å². The van der Waals surface area contributed by atoms with E-state index in [4.69, 9.17) is 4.74 Å². The highest BCUT2D eigenvalue weighted by Crippen LogP contribution is 2.36. The molecule has 0 saturated carbocycles. The van der Waals surface area contributed by atoms with Gasteiger partial charge in [-0.1, -0.05) is 0 Å². The molecule has 1 aromatic carbocycles. The number of nitrogens with zero attached hydrogens (tertiary/aromatic N) is 3. The Morgan fingerprint density at radius 2 is 1.85 bits per heavy atom. The van der Waals surface area contributed by atoms with Gasteiger partial charge in [-0.15, -0.1) is 13.2 Å². The van der Waals surface area contributed by atoms with Crippen molar-refractivity contribution in [2.45, 2.75) is 31.2 Å². The summed E-state index contributed by atoms with van der Waals surface area (Å²) in [6.07, 6.45) is -2.14. The fourth-order valence-electron chi connectivity index (χ4n) is 5.15. The zero-order valence-electron chi connectivity index (χ0n) is 20.9. The second kappa shape index (κ2) is 10.4. The number of benzene rings is 1. The molecule has 0 bridgehead atoms. The number of fused-ring (bicyclic) bond motifs is 1. The number of ether oxygens (including phenoxy) is 2. The SMILES string of the molecule is CS(=O)(=O)N1CCOC(c2cc3c(C4CCN(C(=O)c5ccc(OC(F)(F)F)cc5)CC4)c(F)cnc3[nH]2)C1. The van der Waals surface area contributed by atoms with Crippen molar-refractivity contribution in [3.8, 4) is 5.75 Å². The molecular formula is C25H26F4N4O5S. The van der Waals surface area contributed by atoms with E-state index in [9.17, 15) is 26.4 Å². The van der Waals surface area contributed by atoms with Gasteiger partial charge in [0.15, 0.2) is 0 Å². The number of carbonyl (C=O) groups is 1. The van der Waals surface area contributed by atoms with Crippen molar-refractivity contribution in [3.05, 3.63) is 59.2 Å². The van der Waals surface area contributed by atoms with E-state index in [1.807, 2.05) is 0 Å². The zero-order chi connectivity index (χ0) is 27.9. The summed E-state index contributed by atoms with van der Waals surface area (Å²) in [6.45, 7) is 1.29. The number of hydrogen-bond acceptors (Lipinski definition) is 6. The number of alkyl halides is 3. The number of sulfonamides is 1. The molecule has 2 aliphatic heterocycles. The molecule has 9 nitrogen and oxygen atoms in total. The number of halogens is 4. The maximum Gasteiger partial charge on any atom is 0.573 e. The highest BCUT2D eigenvalue weighted by molar-refractivity contribution is 7.88. The van der Waals surface area contributed by atoms with Gasteiger partial charge in [-0.25, -0.2) is 17.8 Å². The molecule has 2 saturated heterocycles. The molecule has 2 fully saturated rings. The van der Waals surface area contributed by atoms with Crippen LogP contribution in [0.4, 0.5) is 17.6 Å². The molecule has 1 atom stereocenters. The van der Waals surface area contributed by atoms with Crippen molar-refractivity contribution in [1.29, 1.82) is 0 Å². The van der Waals surface area contributed by atoms with E-state index in [0.717, 1.165) is 24.6 Å². The zero-order valence-corrected chi connectivity index (χ0v) is 21.7. The van der Waals surface area contributed by atoms with Crippen LogP contribution in [0.5, 0.6) is 5.75 Å². The smallest absolute Gasteiger partial charge is 0.406 e. The maximum absolute atomic E-state index is 15.1. The highest BCUT2D eigenvalue weighted by Gasteiger charge is 2.33. The van der Waals surface area contributed by atoms with E-state index in [1.165, 1.54) is 16.4 Å². The maximum atomic E-state index is 15.1. The summed E-state index contributed by atoms with van der Waals surface area (Å²) in [5.41, 5.74) is 1.76. The topological polar surface area (TPSA) is 105 Å². The number of nitrogens with one attached hydrogen (secondary N) is 1. The summed E-state index contributed by atoms with van der Waals surface area (Å²) in [6, 6.07) is 6.48. The molecular weight excluding hydrogens is 544 g/mol. The van der Waals surface area contributed by atoms with E-state index in [-0.39, 0.29) is 37.1 Å². The molecule has 2 aliphatic rings. The number of aromatic nitrogens is 2. The molecule has 2 aromatic heterocycles. The van der Waals surface area contributed by atoms with Gasteiger partial charge >= 0.3 is 6.36 Å². The number of carbonyl (C=O) groups excluding carboxylic acids is 1. The van der Waals surface area contributed by atoms with Gasteiger partial charge in [0.1, 0.15) is 23.3 Å². The molecule has 0 spiro atoms. The van der Waals surface area contributed by atoms with E-state index >= 15 is 4.39 Å².